The molecule has 3 atom stereocenters. The summed E-state index contributed by atoms with van der Waals surface area (Å²) in [6.07, 6.45) is 5.65. The first kappa shape index (κ1) is 15.0. The molecule has 0 radical (unpaired) electrons. The second-order valence-electron chi connectivity index (χ2n) is 7.07. The number of carbonyl (C=O) groups excluding carboxylic acids is 1. The molecule has 1 saturated heterocycles. The van der Waals surface area contributed by atoms with E-state index < -0.39 is 0 Å². The average molecular weight is 306 g/mol. The number of nitrogens with one attached hydrogen (secondary N) is 1. The molecule has 2 heterocycles. The summed E-state index contributed by atoms with van der Waals surface area (Å²) in [5.41, 5.74) is 0.230. The van der Waals surface area contributed by atoms with Crippen molar-refractivity contribution in [3.05, 3.63) is 22.4 Å². The molecule has 0 bridgehead atoms. The molecule has 3 unspecified atom stereocenters. The van der Waals surface area contributed by atoms with Gasteiger partial charge in [-0.15, -0.1) is 11.3 Å². The van der Waals surface area contributed by atoms with Crippen LogP contribution in [0.5, 0.6) is 0 Å². The molecule has 21 heavy (non-hydrogen) atoms. The Labute approximate surface area is 131 Å². The van der Waals surface area contributed by atoms with Crippen LogP contribution in [0.15, 0.2) is 17.5 Å². The largest absolute Gasteiger partial charge is 0.317 e. The van der Waals surface area contributed by atoms with Gasteiger partial charge in [-0.05, 0) is 36.1 Å². The summed E-state index contributed by atoms with van der Waals surface area (Å²) in [7, 11) is 0. The van der Waals surface area contributed by atoms with Crippen molar-refractivity contribution in [1.29, 1.82) is 0 Å². The fourth-order valence-corrected chi connectivity index (χ4v) is 4.75. The SMILES string of the molecule is CCCC1NC(c2cccs2)N(C2CCCC2(C)C)C1=O. The van der Waals surface area contributed by atoms with Crippen molar-refractivity contribution in [2.24, 2.45) is 5.41 Å². The van der Waals surface area contributed by atoms with Gasteiger partial charge in [-0.2, -0.15) is 0 Å². The molecule has 1 aromatic rings. The second-order valence-corrected chi connectivity index (χ2v) is 8.05. The maximum atomic E-state index is 12.9. The number of carbonyl (C=O) groups is 1. The maximum Gasteiger partial charge on any atom is 0.241 e. The van der Waals surface area contributed by atoms with Crippen LogP contribution in [0.4, 0.5) is 0 Å². The topological polar surface area (TPSA) is 32.3 Å². The van der Waals surface area contributed by atoms with Gasteiger partial charge in [0.25, 0.3) is 0 Å². The Bertz CT molecular complexity index is 497. The fourth-order valence-electron chi connectivity index (χ4n) is 3.97. The van der Waals surface area contributed by atoms with Gasteiger partial charge in [0.05, 0.1) is 6.04 Å². The van der Waals surface area contributed by atoms with Crippen molar-refractivity contribution >= 4 is 17.2 Å². The zero-order valence-corrected chi connectivity index (χ0v) is 14.1. The van der Waals surface area contributed by atoms with Crippen molar-refractivity contribution in [1.82, 2.24) is 10.2 Å². The highest BCUT2D eigenvalue weighted by molar-refractivity contribution is 7.10. The average Bonchev–Trinajstić information content (AvgIpc) is 3.11. The molecule has 1 amide bonds. The number of rotatable bonds is 4. The highest BCUT2D eigenvalue weighted by Gasteiger charge is 2.49. The van der Waals surface area contributed by atoms with E-state index in [9.17, 15) is 4.79 Å². The molecule has 1 N–H and O–H groups in total. The summed E-state index contributed by atoms with van der Waals surface area (Å²) in [5, 5.41) is 5.70. The Hall–Kier alpha value is -0.870. The summed E-state index contributed by atoms with van der Waals surface area (Å²) >= 11 is 1.75. The minimum Gasteiger partial charge on any atom is -0.317 e. The van der Waals surface area contributed by atoms with E-state index >= 15 is 0 Å². The Kier molecular flexibility index (Phi) is 4.10. The lowest BCUT2D eigenvalue weighted by Gasteiger charge is -2.38. The van der Waals surface area contributed by atoms with Gasteiger partial charge in [0.15, 0.2) is 0 Å². The number of hydrogen-bond acceptors (Lipinski definition) is 3. The third-order valence-electron chi connectivity index (χ3n) is 5.12. The molecule has 1 aromatic heterocycles. The second kappa shape index (κ2) is 5.73. The van der Waals surface area contributed by atoms with Gasteiger partial charge < -0.3 is 4.90 Å². The van der Waals surface area contributed by atoms with Crippen molar-refractivity contribution in [3.8, 4) is 0 Å². The predicted octanol–water partition coefficient (Wildman–Crippen LogP) is 3.93. The molecule has 1 saturated carbocycles. The van der Waals surface area contributed by atoms with Crippen LogP contribution in [0.25, 0.3) is 0 Å². The van der Waals surface area contributed by atoms with E-state index in [0.29, 0.717) is 11.9 Å². The first-order valence-corrected chi connectivity index (χ1v) is 9.04. The Morgan fingerprint density at radius 3 is 2.86 bits per heavy atom. The molecule has 3 nitrogen and oxygen atoms in total. The van der Waals surface area contributed by atoms with Crippen LogP contribution >= 0.6 is 11.3 Å². The highest BCUT2D eigenvalue weighted by atomic mass is 32.1. The van der Waals surface area contributed by atoms with E-state index in [4.69, 9.17) is 0 Å². The van der Waals surface area contributed by atoms with E-state index in [1.165, 1.54) is 17.7 Å². The molecular weight excluding hydrogens is 280 g/mol. The third kappa shape index (κ3) is 2.64. The number of hydrogen-bond donors (Lipinski definition) is 1. The van der Waals surface area contributed by atoms with Crippen molar-refractivity contribution in [2.75, 3.05) is 0 Å². The first-order valence-electron chi connectivity index (χ1n) is 8.16. The van der Waals surface area contributed by atoms with Crippen LogP contribution in [0, 0.1) is 5.41 Å². The van der Waals surface area contributed by atoms with Gasteiger partial charge in [-0.1, -0.05) is 39.7 Å². The van der Waals surface area contributed by atoms with E-state index in [1.54, 1.807) is 11.3 Å². The van der Waals surface area contributed by atoms with E-state index in [-0.39, 0.29) is 17.6 Å². The molecule has 3 rings (SSSR count). The minimum atomic E-state index is -0.00139. The van der Waals surface area contributed by atoms with Gasteiger partial charge in [-0.25, -0.2) is 0 Å². The van der Waals surface area contributed by atoms with E-state index in [0.717, 1.165) is 19.3 Å². The quantitative estimate of drug-likeness (QED) is 0.914. The molecule has 2 aliphatic rings. The van der Waals surface area contributed by atoms with Gasteiger partial charge in [-0.3, -0.25) is 10.1 Å². The third-order valence-corrected chi connectivity index (χ3v) is 6.04. The fraction of sp³-hybridized carbons (Fsp3) is 0.706. The highest BCUT2D eigenvalue weighted by Crippen LogP contribution is 2.45. The first-order chi connectivity index (χ1) is 10.0. The molecule has 116 valence electrons. The molecule has 0 aromatic carbocycles. The normalized spacial score (nSPS) is 32.0. The van der Waals surface area contributed by atoms with Gasteiger partial charge in [0.1, 0.15) is 6.17 Å². The molecule has 1 aliphatic carbocycles. The Morgan fingerprint density at radius 1 is 1.48 bits per heavy atom. The van der Waals surface area contributed by atoms with E-state index in [2.05, 4.69) is 48.5 Å². The van der Waals surface area contributed by atoms with E-state index in [1.807, 2.05) is 0 Å². The standard InChI is InChI=1S/C17H26N2OS/c1-4-7-12-16(20)19(14-9-5-10-17(14,2)3)15(18-12)13-8-6-11-21-13/h6,8,11-12,14-15,18H,4-5,7,9-10H2,1-3H3. The zero-order valence-electron chi connectivity index (χ0n) is 13.3. The number of nitrogens with zero attached hydrogens (tertiary/aromatic N) is 1. The molecule has 4 heteroatoms. The lowest BCUT2D eigenvalue weighted by Crippen LogP contribution is -2.45. The minimum absolute atomic E-state index is 0.00139. The monoisotopic (exact) mass is 306 g/mol. The Morgan fingerprint density at radius 2 is 2.29 bits per heavy atom. The lowest BCUT2D eigenvalue weighted by molar-refractivity contribution is -0.134. The van der Waals surface area contributed by atoms with Crippen LogP contribution in [-0.2, 0) is 4.79 Å². The summed E-state index contributed by atoms with van der Waals surface area (Å²) in [6, 6.07) is 4.60. The molecule has 2 fully saturated rings. The van der Waals surface area contributed by atoms with Crippen molar-refractivity contribution < 1.29 is 4.79 Å². The van der Waals surface area contributed by atoms with Crippen LogP contribution in [0.1, 0.15) is 63.9 Å². The summed E-state index contributed by atoms with van der Waals surface area (Å²) < 4.78 is 0. The molecular formula is C17H26N2OS. The summed E-state index contributed by atoms with van der Waals surface area (Å²) in [5.74, 6) is 0.315. The van der Waals surface area contributed by atoms with Crippen LogP contribution in [0.2, 0.25) is 0 Å². The molecule has 1 aliphatic heterocycles. The zero-order chi connectivity index (χ0) is 15.0. The maximum absolute atomic E-state index is 12.9. The smallest absolute Gasteiger partial charge is 0.241 e. The Balaban J connectivity index is 1.91. The van der Waals surface area contributed by atoms with Crippen molar-refractivity contribution in [2.45, 2.75) is 71.1 Å². The van der Waals surface area contributed by atoms with Gasteiger partial charge in [0.2, 0.25) is 5.91 Å². The van der Waals surface area contributed by atoms with Crippen LogP contribution in [-0.4, -0.2) is 22.9 Å². The lowest BCUT2D eigenvalue weighted by atomic mass is 9.86. The predicted molar refractivity (Wildman–Crippen MR) is 87.2 cm³/mol. The molecule has 0 spiro atoms. The van der Waals surface area contributed by atoms with Crippen LogP contribution < -0.4 is 5.32 Å². The van der Waals surface area contributed by atoms with Crippen LogP contribution in [0.3, 0.4) is 0 Å². The van der Waals surface area contributed by atoms with Gasteiger partial charge >= 0.3 is 0 Å². The van der Waals surface area contributed by atoms with Gasteiger partial charge in [0, 0.05) is 10.9 Å². The number of thiophene rings is 1. The summed E-state index contributed by atoms with van der Waals surface area (Å²) in [4.78, 5) is 16.4. The number of amides is 1. The summed E-state index contributed by atoms with van der Waals surface area (Å²) in [6.45, 7) is 6.78. The van der Waals surface area contributed by atoms with Crippen molar-refractivity contribution in [3.63, 3.8) is 0 Å².